The van der Waals surface area contributed by atoms with E-state index in [0.29, 0.717) is 42.4 Å². The first-order valence-corrected chi connectivity index (χ1v) is 14.1. The van der Waals surface area contributed by atoms with E-state index in [4.69, 9.17) is 4.74 Å². The number of sulfonamides is 1. The van der Waals surface area contributed by atoms with Crippen molar-refractivity contribution in [3.05, 3.63) is 54.1 Å². The minimum atomic E-state index is -5.98. The van der Waals surface area contributed by atoms with Crippen LogP contribution in [0.2, 0.25) is 0 Å². The first-order chi connectivity index (χ1) is 18.2. The maximum Gasteiger partial charge on any atom is 0.430 e. The quantitative estimate of drug-likeness (QED) is 0.363. The number of benzene rings is 2. The summed E-state index contributed by atoms with van der Waals surface area (Å²) < 4.78 is 114. The Bertz CT molecular complexity index is 1230. The van der Waals surface area contributed by atoms with E-state index in [0.717, 1.165) is 25.0 Å². The average molecular weight is 599 g/mol. The molecule has 0 amide bonds. The van der Waals surface area contributed by atoms with Crippen molar-refractivity contribution < 1.29 is 44.6 Å². The Kier molecular flexibility index (Phi) is 8.54. The summed E-state index contributed by atoms with van der Waals surface area (Å²) in [6.07, 6.45) is -9.92. The molecule has 39 heavy (non-hydrogen) atoms. The molecule has 2 aromatic rings. The molecular weight excluding hydrogens is 570 g/mol. The lowest BCUT2D eigenvalue weighted by atomic mass is 9.90. The number of piperazine rings is 1. The van der Waals surface area contributed by atoms with Crippen molar-refractivity contribution in [2.45, 2.75) is 53.0 Å². The van der Waals surface area contributed by atoms with Crippen LogP contribution in [0.1, 0.15) is 24.8 Å². The number of anilines is 1. The fraction of sp³-hybridized carbons (Fsp3) is 0.520. The standard InChI is InChI=1S/C25H28F6N2O4S2/c26-24(27,28)23(34,25(29,30)31)18-5-7-19(8-6-18)33-12-11-32(16-20(33)15-17-9-13-37-14-10-17)39(35,36)22-4-2-1-3-21(22)38/h1-8,17,20,34,38H,9-16H2. The van der Waals surface area contributed by atoms with Gasteiger partial charge in [0.15, 0.2) is 0 Å². The average Bonchev–Trinajstić information content (AvgIpc) is 2.88. The van der Waals surface area contributed by atoms with E-state index in [1.54, 1.807) is 23.1 Å². The molecule has 0 radical (unpaired) electrons. The fourth-order valence-corrected chi connectivity index (χ4v) is 7.21. The summed E-state index contributed by atoms with van der Waals surface area (Å²) in [4.78, 5) is 2.14. The number of ether oxygens (including phenoxy) is 1. The van der Waals surface area contributed by atoms with Gasteiger partial charge in [0.05, 0.1) is 4.90 Å². The van der Waals surface area contributed by atoms with E-state index < -0.39 is 39.6 Å². The van der Waals surface area contributed by atoms with Crippen molar-refractivity contribution in [1.29, 1.82) is 0 Å². The second kappa shape index (κ2) is 11.1. The first-order valence-electron chi connectivity index (χ1n) is 12.2. The van der Waals surface area contributed by atoms with Crippen molar-refractivity contribution in [1.82, 2.24) is 4.31 Å². The van der Waals surface area contributed by atoms with Crippen LogP contribution in [-0.4, -0.2) is 69.1 Å². The number of hydrogen-bond acceptors (Lipinski definition) is 6. The number of nitrogens with zero attached hydrogens (tertiary/aromatic N) is 2. The normalized spacial score (nSPS) is 20.8. The summed E-state index contributed by atoms with van der Waals surface area (Å²) in [5.41, 5.74) is -6.04. The van der Waals surface area contributed by atoms with Gasteiger partial charge in [-0.3, -0.25) is 0 Å². The lowest BCUT2D eigenvalue weighted by Gasteiger charge is -2.44. The van der Waals surface area contributed by atoms with Gasteiger partial charge in [-0.05, 0) is 49.4 Å². The molecular formula is C25H28F6N2O4S2. The van der Waals surface area contributed by atoms with Crippen molar-refractivity contribution >= 4 is 28.3 Å². The van der Waals surface area contributed by atoms with Crippen molar-refractivity contribution in [2.24, 2.45) is 5.92 Å². The number of hydrogen-bond donors (Lipinski definition) is 2. The molecule has 2 heterocycles. The van der Waals surface area contributed by atoms with Crippen LogP contribution in [0.3, 0.4) is 0 Å². The molecule has 216 valence electrons. The van der Waals surface area contributed by atoms with E-state index in [1.807, 2.05) is 0 Å². The van der Waals surface area contributed by atoms with E-state index >= 15 is 0 Å². The topological polar surface area (TPSA) is 70.1 Å². The van der Waals surface area contributed by atoms with Gasteiger partial charge >= 0.3 is 12.4 Å². The lowest BCUT2D eigenvalue weighted by molar-refractivity contribution is -0.376. The van der Waals surface area contributed by atoms with Crippen molar-refractivity contribution in [3.8, 4) is 0 Å². The van der Waals surface area contributed by atoms with Crippen LogP contribution in [0, 0.1) is 5.92 Å². The van der Waals surface area contributed by atoms with Gasteiger partial charge in [0, 0.05) is 55.0 Å². The lowest BCUT2D eigenvalue weighted by Crippen LogP contribution is -2.55. The molecule has 1 N–H and O–H groups in total. The molecule has 4 rings (SSSR count). The third-order valence-corrected chi connectivity index (χ3v) is 9.78. The predicted molar refractivity (Wildman–Crippen MR) is 134 cm³/mol. The SMILES string of the molecule is O=S(=O)(c1ccccc1S)N1CCN(c2ccc(C(O)(C(F)(F)F)C(F)(F)F)cc2)C(CC2CCOCC2)C1. The Morgan fingerprint density at radius 2 is 1.51 bits per heavy atom. The maximum atomic E-state index is 13.4. The smallest absolute Gasteiger partial charge is 0.381 e. The zero-order valence-corrected chi connectivity index (χ0v) is 22.3. The predicted octanol–water partition coefficient (Wildman–Crippen LogP) is 4.98. The summed E-state index contributed by atoms with van der Waals surface area (Å²) in [6.45, 7) is 1.37. The Morgan fingerprint density at radius 3 is 2.08 bits per heavy atom. The number of rotatable bonds is 6. The summed E-state index contributed by atoms with van der Waals surface area (Å²) in [6, 6.07) is 9.30. The Hall–Kier alpha value is -2.00. The maximum absolute atomic E-state index is 13.4. The van der Waals surface area contributed by atoms with Gasteiger partial charge in [0.1, 0.15) is 0 Å². The van der Waals surface area contributed by atoms with Crippen LogP contribution in [0.25, 0.3) is 0 Å². The molecule has 1 unspecified atom stereocenters. The molecule has 2 aliphatic rings. The van der Waals surface area contributed by atoms with Crippen LogP contribution >= 0.6 is 12.6 Å². The zero-order chi connectivity index (χ0) is 28.6. The molecule has 0 aliphatic carbocycles. The van der Waals surface area contributed by atoms with Gasteiger partial charge in [-0.15, -0.1) is 12.6 Å². The summed E-state index contributed by atoms with van der Waals surface area (Å²) in [5.74, 6) is 0.200. The van der Waals surface area contributed by atoms with Crippen LogP contribution in [0.15, 0.2) is 58.3 Å². The van der Waals surface area contributed by atoms with Gasteiger partial charge in [0.25, 0.3) is 5.60 Å². The Labute approximate surface area is 228 Å². The molecule has 0 aromatic heterocycles. The molecule has 6 nitrogen and oxygen atoms in total. The molecule has 2 aliphatic heterocycles. The van der Waals surface area contributed by atoms with Crippen molar-refractivity contribution in [3.63, 3.8) is 0 Å². The van der Waals surface area contributed by atoms with Crippen LogP contribution in [0.4, 0.5) is 32.0 Å². The Morgan fingerprint density at radius 1 is 0.923 bits per heavy atom. The largest absolute Gasteiger partial charge is 0.430 e. The van der Waals surface area contributed by atoms with E-state index in [-0.39, 0.29) is 30.4 Å². The van der Waals surface area contributed by atoms with Crippen LogP contribution in [0.5, 0.6) is 0 Å². The third-order valence-electron chi connectivity index (χ3n) is 7.31. The second-order valence-electron chi connectivity index (χ2n) is 9.72. The van der Waals surface area contributed by atoms with Crippen LogP contribution in [-0.2, 0) is 20.4 Å². The zero-order valence-electron chi connectivity index (χ0n) is 20.6. The second-order valence-corrected chi connectivity index (χ2v) is 12.1. The summed E-state index contributed by atoms with van der Waals surface area (Å²) in [5, 5.41) is 9.73. The number of alkyl halides is 6. The van der Waals surface area contributed by atoms with Crippen LogP contribution < -0.4 is 4.90 Å². The minimum absolute atomic E-state index is 0.0471. The Balaban J connectivity index is 1.64. The molecule has 2 fully saturated rings. The van der Waals surface area contributed by atoms with E-state index in [9.17, 15) is 39.9 Å². The third kappa shape index (κ3) is 5.90. The number of thiol groups is 1. The molecule has 0 saturated carbocycles. The van der Waals surface area contributed by atoms with Gasteiger partial charge in [-0.1, -0.05) is 24.3 Å². The number of aliphatic hydroxyl groups is 1. The molecule has 14 heteroatoms. The summed E-state index contributed by atoms with van der Waals surface area (Å²) in [7, 11) is -3.91. The highest BCUT2D eigenvalue weighted by Gasteiger charge is 2.71. The van der Waals surface area contributed by atoms with Gasteiger partial charge in [-0.2, -0.15) is 30.6 Å². The molecule has 2 saturated heterocycles. The van der Waals surface area contributed by atoms with Gasteiger partial charge < -0.3 is 14.7 Å². The molecule has 0 bridgehead atoms. The van der Waals surface area contributed by atoms with E-state index in [1.165, 1.54) is 10.4 Å². The first kappa shape index (κ1) is 30.0. The molecule has 1 atom stereocenters. The highest BCUT2D eigenvalue weighted by molar-refractivity contribution is 7.90. The van der Waals surface area contributed by atoms with E-state index in [2.05, 4.69) is 12.6 Å². The molecule has 2 aromatic carbocycles. The summed E-state index contributed by atoms with van der Waals surface area (Å²) >= 11 is 4.28. The van der Waals surface area contributed by atoms with Gasteiger partial charge in [-0.25, -0.2) is 8.42 Å². The monoisotopic (exact) mass is 598 g/mol. The highest BCUT2D eigenvalue weighted by Crippen LogP contribution is 2.50. The molecule has 0 spiro atoms. The van der Waals surface area contributed by atoms with Gasteiger partial charge in [0.2, 0.25) is 10.0 Å². The van der Waals surface area contributed by atoms with Crippen molar-refractivity contribution in [2.75, 3.05) is 37.7 Å². The number of halogens is 6. The minimum Gasteiger partial charge on any atom is -0.381 e. The highest BCUT2D eigenvalue weighted by atomic mass is 32.2. The fourth-order valence-electron chi connectivity index (χ4n) is 5.15.